The lowest BCUT2D eigenvalue weighted by atomic mass is 9.75. The first-order chi connectivity index (χ1) is 13.3. The zero-order valence-corrected chi connectivity index (χ0v) is 15.5. The van der Waals surface area contributed by atoms with E-state index in [2.05, 4.69) is 44.0 Å². The summed E-state index contributed by atoms with van der Waals surface area (Å²) in [6, 6.07) is 9.72. The largest absolute Gasteiger partial charge is 0.454 e. The first kappa shape index (κ1) is 15.7. The normalized spacial score (nSPS) is 33.4. The molecule has 4 saturated heterocycles. The molecule has 0 radical (unpaired) electrons. The van der Waals surface area contributed by atoms with Gasteiger partial charge in [0, 0.05) is 36.3 Å². The molecular weight excluding hydrogens is 340 g/mol. The van der Waals surface area contributed by atoms with Crippen LogP contribution in [0.2, 0.25) is 0 Å². The van der Waals surface area contributed by atoms with Crippen LogP contribution in [0.3, 0.4) is 0 Å². The Bertz CT molecular complexity index is 880. The summed E-state index contributed by atoms with van der Waals surface area (Å²) in [7, 11) is 0. The Morgan fingerprint density at radius 3 is 2.70 bits per heavy atom. The Morgan fingerprint density at radius 2 is 1.85 bits per heavy atom. The molecule has 2 bridgehead atoms. The van der Waals surface area contributed by atoms with E-state index in [1.165, 1.54) is 31.5 Å². The number of fused-ring (bicyclic) bond motifs is 3. The highest BCUT2D eigenvalue weighted by atomic mass is 16.7. The maximum absolute atomic E-state index is 5.65. The van der Waals surface area contributed by atoms with E-state index in [9.17, 15) is 0 Å². The highest BCUT2D eigenvalue weighted by Gasteiger charge is 2.53. The number of hydrogen-bond donors (Lipinski definition) is 0. The summed E-state index contributed by atoms with van der Waals surface area (Å²) in [5, 5.41) is 0. The first-order valence-corrected chi connectivity index (χ1v) is 9.97. The van der Waals surface area contributed by atoms with Crippen LogP contribution in [-0.2, 0) is 0 Å². The molecule has 140 valence electrons. The predicted octanol–water partition coefficient (Wildman–Crippen LogP) is 2.58. The molecule has 2 aromatic rings. The van der Waals surface area contributed by atoms with Crippen molar-refractivity contribution in [3.63, 3.8) is 0 Å². The topological polar surface area (TPSA) is 50.7 Å². The van der Waals surface area contributed by atoms with Gasteiger partial charge in [-0.15, -0.1) is 0 Å². The Kier molecular flexibility index (Phi) is 3.39. The Morgan fingerprint density at radius 1 is 1.00 bits per heavy atom. The number of ether oxygens (including phenoxy) is 2. The standard InChI is InChI=1S/C21H24N4O2/c1-13-8-19(23-11-22-13)25-10-16(15-2-3-17-18(9-15)27-12-26-17)21-20(25)14-4-6-24(21)7-5-14/h2-3,8-9,11,14,16,20-21H,4-7,10,12H2,1H3/t16-,20+,21+/m0/s1. The fraction of sp³-hybridized carbons (Fsp3) is 0.524. The Labute approximate surface area is 159 Å². The lowest BCUT2D eigenvalue weighted by Crippen LogP contribution is -2.60. The third kappa shape index (κ3) is 2.35. The molecule has 1 aromatic heterocycles. The molecule has 4 fully saturated rings. The van der Waals surface area contributed by atoms with Gasteiger partial charge in [-0.3, -0.25) is 4.90 Å². The Hall–Kier alpha value is -2.34. The Balaban J connectivity index is 1.42. The fourth-order valence-electron chi connectivity index (χ4n) is 5.72. The molecule has 0 spiro atoms. The predicted molar refractivity (Wildman–Crippen MR) is 101 cm³/mol. The van der Waals surface area contributed by atoms with Crippen LogP contribution in [0, 0.1) is 12.8 Å². The average Bonchev–Trinajstić information content (AvgIpc) is 3.34. The van der Waals surface area contributed by atoms with Gasteiger partial charge in [0.25, 0.3) is 0 Å². The summed E-state index contributed by atoms with van der Waals surface area (Å²) >= 11 is 0. The van der Waals surface area contributed by atoms with Crippen LogP contribution < -0.4 is 14.4 Å². The number of benzene rings is 1. The van der Waals surface area contributed by atoms with Crippen molar-refractivity contribution in [2.24, 2.45) is 5.92 Å². The number of rotatable bonds is 2. The van der Waals surface area contributed by atoms with Crippen molar-refractivity contribution in [3.05, 3.63) is 41.9 Å². The summed E-state index contributed by atoms with van der Waals surface area (Å²) < 4.78 is 11.2. The molecule has 5 aliphatic rings. The van der Waals surface area contributed by atoms with Gasteiger partial charge in [-0.25, -0.2) is 9.97 Å². The molecule has 1 aromatic carbocycles. The van der Waals surface area contributed by atoms with Crippen molar-refractivity contribution in [3.8, 4) is 11.5 Å². The molecule has 6 nitrogen and oxygen atoms in total. The molecule has 3 atom stereocenters. The number of anilines is 1. The minimum Gasteiger partial charge on any atom is -0.454 e. The van der Waals surface area contributed by atoms with Crippen LogP contribution in [0.25, 0.3) is 0 Å². The second kappa shape index (κ2) is 5.83. The van der Waals surface area contributed by atoms with Crippen molar-refractivity contribution in [1.29, 1.82) is 0 Å². The number of aromatic nitrogens is 2. The van der Waals surface area contributed by atoms with Gasteiger partial charge in [0.15, 0.2) is 11.5 Å². The highest BCUT2D eigenvalue weighted by Crippen LogP contribution is 2.48. The van der Waals surface area contributed by atoms with Crippen LogP contribution in [0.4, 0.5) is 5.82 Å². The molecule has 0 saturated carbocycles. The van der Waals surface area contributed by atoms with E-state index in [0.29, 0.717) is 24.8 Å². The maximum atomic E-state index is 5.65. The van der Waals surface area contributed by atoms with E-state index in [1.54, 1.807) is 6.33 Å². The monoisotopic (exact) mass is 364 g/mol. The molecule has 6 heterocycles. The highest BCUT2D eigenvalue weighted by molar-refractivity contribution is 5.50. The van der Waals surface area contributed by atoms with Gasteiger partial charge in [0.2, 0.25) is 6.79 Å². The molecule has 6 heteroatoms. The van der Waals surface area contributed by atoms with Crippen molar-refractivity contribution in [1.82, 2.24) is 14.9 Å². The van der Waals surface area contributed by atoms with Gasteiger partial charge in [0.1, 0.15) is 12.1 Å². The van der Waals surface area contributed by atoms with Crippen LogP contribution in [0.15, 0.2) is 30.6 Å². The summed E-state index contributed by atoms with van der Waals surface area (Å²) in [5.74, 6) is 4.05. The molecule has 0 amide bonds. The minimum absolute atomic E-state index is 0.329. The molecule has 0 unspecified atom stereocenters. The van der Waals surface area contributed by atoms with Crippen molar-refractivity contribution < 1.29 is 9.47 Å². The molecular formula is C21H24N4O2. The summed E-state index contributed by atoms with van der Waals surface area (Å²) in [4.78, 5) is 14.2. The maximum Gasteiger partial charge on any atom is 0.231 e. The minimum atomic E-state index is 0.329. The van der Waals surface area contributed by atoms with Gasteiger partial charge in [0.05, 0.1) is 0 Å². The number of hydrogen-bond acceptors (Lipinski definition) is 6. The second-order valence-electron chi connectivity index (χ2n) is 8.24. The summed E-state index contributed by atoms with van der Waals surface area (Å²) in [6.45, 7) is 5.83. The van der Waals surface area contributed by atoms with E-state index >= 15 is 0 Å². The third-order valence-corrected chi connectivity index (χ3v) is 6.90. The van der Waals surface area contributed by atoms with E-state index in [0.717, 1.165) is 35.5 Å². The van der Waals surface area contributed by atoms with Gasteiger partial charge >= 0.3 is 0 Å². The first-order valence-electron chi connectivity index (χ1n) is 9.97. The third-order valence-electron chi connectivity index (χ3n) is 6.90. The zero-order chi connectivity index (χ0) is 18.0. The van der Waals surface area contributed by atoms with Crippen molar-refractivity contribution >= 4 is 5.82 Å². The zero-order valence-electron chi connectivity index (χ0n) is 15.5. The smallest absolute Gasteiger partial charge is 0.231 e. The molecule has 0 aliphatic carbocycles. The van der Waals surface area contributed by atoms with E-state index in [4.69, 9.17) is 9.47 Å². The van der Waals surface area contributed by atoms with Gasteiger partial charge in [-0.05, 0) is 56.5 Å². The number of nitrogens with zero attached hydrogens (tertiary/aromatic N) is 4. The summed E-state index contributed by atoms with van der Waals surface area (Å²) in [6.07, 6.45) is 4.31. The molecule has 5 aliphatic heterocycles. The lowest BCUT2D eigenvalue weighted by molar-refractivity contribution is 0.0354. The number of piperidine rings is 3. The quantitative estimate of drug-likeness (QED) is 0.816. The van der Waals surface area contributed by atoms with Gasteiger partial charge < -0.3 is 14.4 Å². The molecule has 0 N–H and O–H groups in total. The fourth-order valence-corrected chi connectivity index (χ4v) is 5.72. The van der Waals surface area contributed by atoms with Crippen molar-refractivity contribution in [2.45, 2.75) is 37.8 Å². The molecule has 27 heavy (non-hydrogen) atoms. The van der Waals surface area contributed by atoms with Gasteiger partial charge in [-0.1, -0.05) is 6.07 Å². The lowest BCUT2D eigenvalue weighted by Gasteiger charge is -2.51. The van der Waals surface area contributed by atoms with Crippen molar-refractivity contribution in [2.75, 3.05) is 31.3 Å². The SMILES string of the molecule is Cc1cc(N2C[C@@H](c3ccc4c(c3)OCO4)[C@@H]3[C@H]2C2CCN3CC2)ncn1. The van der Waals surface area contributed by atoms with E-state index in [1.807, 2.05) is 6.92 Å². The van der Waals surface area contributed by atoms with E-state index in [-0.39, 0.29) is 0 Å². The summed E-state index contributed by atoms with van der Waals surface area (Å²) in [5.41, 5.74) is 2.39. The van der Waals surface area contributed by atoms with Crippen LogP contribution in [-0.4, -0.2) is 53.4 Å². The van der Waals surface area contributed by atoms with Gasteiger partial charge in [-0.2, -0.15) is 0 Å². The van der Waals surface area contributed by atoms with E-state index < -0.39 is 0 Å². The van der Waals surface area contributed by atoms with Crippen LogP contribution >= 0.6 is 0 Å². The number of aryl methyl sites for hydroxylation is 1. The van der Waals surface area contributed by atoms with Crippen LogP contribution in [0.1, 0.15) is 30.0 Å². The van der Waals surface area contributed by atoms with Crippen LogP contribution in [0.5, 0.6) is 11.5 Å². The second-order valence-corrected chi connectivity index (χ2v) is 8.24. The average molecular weight is 364 g/mol. The molecule has 7 rings (SSSR count).